The van der Waals surface area contributed by atoms with Gasteiger partial charge in [-0.3, -0.25) is 0 Å². The van der Waals surface area contributed by atoms with E-state index in [0.29, 0.717) is 6.54 Å². The first-order valence-electron chi connectivity index (χ1n) is 7.97. The Morgan fingerprint density at radius 3 is 2.78 bits per heavy atom. The van der Waals surface area contributed by atoms with Gasteiger partial charge in [-0.05, 0) is 44.7 Å². The van der Waals surface area contributed by atoms with E-state index in [0.717, 1.165) is 29.5 Å². The van der Waals surface area contributed by atoms with Gasteiger partial charge in [0, 0.05) is 20.1 Å². The highest BCUT2D eigenvalue weighted by molar-refractivity contribution is 7.86. The van der Waals surface area contributed by atoms with E-state index in [1.807, 2.05) is 19.9 Å². The van der Waals surface area contributed by atoms with Crippen molar-refractivity contribution < 1.29 is 8.42 Å². The van der Waals surface area contributed by atoms with Crippen LogP contribution < -0.4 is 0 Å². The molecule has 1 aliphatic rings. The first kappa shape index (κ1) is 17.9. The van der Waals surface area contributed by atoms with E-state index >= 15 is 0 Å². The Morgan fingerprint density at radius 1 is 1.43 bits per heavy atom. The smallest absolute Gasteiger partial charge is 0.198 e. The third-order valence-corrected chi connectivity index (χ3v) is 6.41. The molecule has 2 rings (SSSR count). The third-order valence-electron chi connectivity index (χ3n) is 4.44. The maximum Gasteiger partial charge on any atom is 0.282 e. The molecule has 6 heteroatoms. The molecular formula is C17H25N3O2S. The summed E-state index contributed by atoms with van der Waals surface area (Å²) in [7, 11) is -2.00. The Balaban J connectivity index is 2.31. The topological polar surface area (TPSA) is 64.4 Å². The summed E-state index contributed by atoms with van der Waals surface area (Å²) in [5.41, 5.74) is 3.35. The number of benzene rings is 1. The van der Waals surface area contributed by atoms with Gasteiger partial charge in [0.1, 0.15) is 0 Å². The van der Waals surface area contributed by atoms with E-state index in [4.69, 9.17) is 5.26 Å². The Kier molecular flexibility index (Phi) is 5.45. The lowest BCUT2D eigenvalue weighted by Gasteiger charge is -2.30. The second-order valence-electron chi connectivity index (χ2n) is 6.45. The summed E-state index contributed by atoms with van der Waals surface area (Å²) in [6.07, 6.45) is 1.70. The zero-order valence-corrected chi connectivity index (χ0v) is 15.1. The molecule has 5 nitrogen and oxygen atoms in total. The van der Waals surface area contributed by atoms with Crippen LogP contribution in [0, 0.1) is 31.1 Å². The molecule has 1 aromatic carbocycles. The summed E-state index contributed by atoms with van der Waals surface area (Å²) in [6.45, 7) is 6.54. The quantitative estimate of drug-likeness (QED) is 0.831. The molecule has 1 aliphatic heterocycles. The normalized spacial score (nSPS) is 20.6. The second-order valence-corrected chi connectivity index (χ2v) is 8.44. The Labute approximate surface area is 139 Å². The van der Waals surface area contributed by atoms with E-state index < -0.39 is 10.2 Å². The number of rotatable bonds is 5. The number of hydrogen-bond donors (Lipinski definition) is 0. The lowest BCUT2D eigenvalue weighted by Crippen LogP contribution is -2.43. The lowest BCUT2D eigenvalue weighted by molar-refractivity contribution is 0.339. The molecule has 0 aliphatic carbocycles. The summed E-state index contributed by atoms with van der Waals surface area (Å²) in [4.78, 5) is 0. The van der Waals surface area contributed by atoms with E-state index in [2.05, 4.69) is 18.2 Å². The number of hydrogen-bond acceptors (Lipinski definition) is 3. The van der Waals surface area contributed by atoms with Crippen molar-refractivity contribution in [2.24, 2.45) is 5.92 Å². The summed E-state index contributed by atoms with van der Waals surface area (Å²) in [5.74, 6) is -0.323. The van der Waals surface area contributed by atoms with Crippen LogP contribution >= 0.6 is 0 Å². The van der Waals surface area contributed by atoms with Crippen LogP contribution in [0.1, 0.15) is 42.5 Å². The molecule has 0 bridgehead atoms. The molecule has 1 saturated heterocycles. The Morgan fingerprint density at radius 2 is 2.13 bits per heavy atom. The Bertz CT molecular complexity index is 709. The van der Waals surface area contributed by atoms with Gasteiger partial charge in [0.05, 0.1) is 18.0 Å². The van der Waals surface area contributed by atoms with Crippen molar-refractivity contribution >= 4 is 10.2 Å². The van der Waals surface area contributed by atoms with Crippen LogP contribution in [0.3, 0.4) is 0 Å². The van der Waals surface area contributed by atoms with Crippen LogP contribution in [0.4, 0.5) is 0 Å². The summed E-state index contributed by atoms with van der Waals surface area (Å²) >= 11 is 0. The minimum atomic E-state index is -3.56. The highest BCUT2D eigenvalue weighted by atomic mass is 32.2. The van der Waals surface area contributed by atoms with E-state index in [-0.39, 0.29) is 18.5 Å². The molecule has 0 N–H and O–H groups in total. The summed E-state index contributed by atoms with van der Waals surface area (Å²) < 4.78 is 28.7. The van der Waals surface area contributed by atoms with Crippen molar-refractivity contribution in [3.8, 4) is 6.07 Å². The molecule has 1 heterocycles. The molecule has 2 atom stereocenters. The van der Waals surface area contributed by atoms with Crippen LogP contribution in [0.5, 0.6) is 0 Å². The van der Waals surface area contributed by atoms with Gasteiger partial charge in [-0.15, -0.1) is 0 Å². The molecule has 1 fully saturated rings. The highest BCUT2D eigenvalue weighted by Gasteiger charge is 2.38. The van der Waals surface area contributed by atoms with Crippen LogP contribution in [0.25, 0.3) is 0 Å². The molecule has 0 aromatic heterocycles. The Hall–Kier alpha value is -1.42. The molecule has 0 unspecified atom stereocenters. The zero-order chi connectivity index (χ0) is 17.2. The molecule has 23 heavy (non-hydrogen) atoms. The number of aryl methyl sites for hydroxylation is 2. The molecule has 0 amide bonds. The monoisotopic (exact) mass is 335 g/mol. The van der Waals surface area contributed by atoms with Crippen LogP contribution in [-0.4, -0.2) is 37.2 Å². The van der Waals surface area contributed by atoms with Gasteiger partial charge in [0.25, 0.3) is 10.2 Å². The number of nitrogens with zero attached hydrogens (tertiary/aromatic N) is 3. The SMILES string of the molecule is Cc1ccc(C)c([C@@H]2CCCN2S(=O)(=O)N(C)C[C@H](C)C#N)c1. The minimum absolute atomic E-state index is 0.111. The van der Waals surface area contributed by atoms with Crippen LogP contribution in [0.2, 0.25) is 0 Å². The predicted octanol–water partition coefficient (Wildman–Crippen LogP) is 2.78. The van der Waals surface area contributed by atoms with Gasteiger partial charge in [0.2, 0.25) is 0 Å². The fraction of sp³-hybridized carbons (Fsp3) is 0.588. The van der Waals surface area contributed by atoms with E-state index in [1.165, 1.54) is 4.31 Å². The highest BCUT2D eigenvalue weighted by Crippen LogP contribution is 2.36. The van der Waals surface area contributed by atoms with Crippen LogP contribution in [-0.2, 0) is 10.2 Å². The molecule has 1 aromatic rings. The average Bonchev–Trinajstić information content (AvgIpc) is 2.99. The van der Waals surface area contributed by atoms with E-state index in [9.17, 15) is 8.42 Å². The second kappa shape index (κ2) is 7.00. The molecule has 0 radical (unpaired) electrons. The van der Waals surface area contributed by atoms with Gasteiger partial charge in [-0.25, -0.2) is 0 Å². The van der Waals surface area contributed by atoms with Crippen molar-refractivity contribution in [3.63, 3.8) is 0 Å². The van der Waals surface area contributed by atoms with Gasteiger partial charge in [-0.2, -0.15) is 22.3 Å². The molecule has 0 spiro atoms. The van der Waals surface area contributed by atoms with Gasteiger partial charge < -0.3 is 0 Å². The summed E-state index contributed by atoms with van der Waals surface area (Å²) in [6, 6.07) is 8.17. The van der Waals surface area contributed by atoms with Gasteiger partial charge in [-0.1, -0.05) is 23.8 Å². The van der Waals surface area contributed by atoms with Crippen molar-refractivity contribution in [1.82, 2.24) is 8.61 Å². The first-order chi connectivity index (χ1) is 10.8. The average molecular weight is 335 g/mol. The van der Waals surface area contributed by atoms with Crippen molar-refractivity contribution in [1.29, 1.82) is 5.26 Å². The van der Waals surface area contributed by atoms with Crippen LogP contribution in [0.15, 0.2) is 18.2 Å². The molecular weight excluding hydrogens is 310 g/mol. The molecule has 126 valence electrons. The minimum Gasteiger partial charge on any atom is -0.198 e. The first-order valence-corrected chi connectivity index (χ1v) is 9.37. The molecule has 0 saturated carbocycles. The van der Waals surface area contributed by atoms with Crippen molar-refractivity contribution in [2.75, 3.05) is 20.1 Å². The summed E-state index contributed by atoms with van der Waals surface area (Å²) in [5, 5.41) is 8.93. The van der Waals surface area contributed by atoms with Crippen molar-refractivity contribution in [3.05, 3.63) is 34.9 Å². The maximum absolute atomic E-state index is 12.9. The van der Waals surface area contributed by atoms with Gasteiger partial charge >= 0.3 is 0 Å². The van der Waals surface area contributed by atoms with Gasteiger partial charge in [0.15, 0.2) is 0 Å². The zero-order valence-electron chi connectivity index (χ0n) is 14.3. The van der Waals surface area contributed by atoms with E-state index in [1.54, 1.807) is 18.3 Å². The van der Waals surface area contributed by atoms with Crippen molar-refractivity contribution in [2.45, 2.75) is 39.7 Å². The fourth-order valence-corrected chi connectivity index (χ4v) is 4.82. The fourth-order valence-electron chi connectivity index (χ4n) is 3.15. The maximum atomic E-state index is 12.9. The third kappa shape index (κ3) is 3.74. The number of nitriles is 1. The standard InChI is InChI=1S/C17H25N3O2S/c1-13-7-8-15(3)16(10-13)17-6-5-9-20(17)23(21,22)19(4)12-14(2)11-18/h7-8,10,14,17H,5-6,9,12H2,1-4H3/t14-,17+/m1/s1. The lowest BCUT2D eigenvalue weighted by atomic mass is 9.98. The predicted molar refractivity (Wildman–Crippen MR) is 90.9 cm³/mol. The largest absolute Gasteiger partial charge is 0.282 e.